The zero-order valence-corrected chi connectivity index (χ0v) is 18.8. The van der Waals surface area contributed by atoms with Crippen molar-refractivity contribution in [1.82, 2.24) is 9.88 Å². The van der Waals surface area contributed by atoms with E-state index < -0.39 is 0 Å². The van der Waals surface area contributed by atoms with Gasteiger partial charge in [-0.1, -0.05) is 12.7 Å². The Morgan fingerprint density at radius 3 is 2.67 bits per heavy atom. The van der Waals surface area contributed by atoms with Crippen LogP contribution in [0.1, 0.15) is 54.8 Å². The summed E-state index contributed by atoms with van der Waals surface area (Å²) in [6, 6.07) is 4.10. The zero-order valence-electron chi connectivity index (χ0n) is 18.8. The number of hydrogen-bond donors (Lipinski definition) is 3. The molecule has 1 amide bonds. The summed E-state index contributed by atoms with van der Waals surface area (Å²) in [7, 11) is 0. The molecule has 0 aromatic carbocycles. The van der Waals surface area contributed by atoms with Gasteiger partial charge in [0.1, 0.15) is 11.9 Å². The molecule has 1 aliphatic heterocycles. The molecule has 8 nitrogen and oxygen atoms in total. The quantitative estimate of drug-likeness (QED) is 0.397. The number of nitriles is 1. The summed E-state index contributed by atoms with van der Waals surface area (Å²) < 4.78 is 0. The van der Waals surface area contributed by atoms with E-state index >= 15 is 0 Å². The molecule has 0 bridgehead atoms. The molecule has 33 heavy (non-hydrogen) atoms. The number of rotatable bonds is 9. The fourth-order valence-electron chi connectivity index (χ4n) is 4.56. The largest absolute Gasteiger partial charge is 0.396 e. The van der Waals surface area contributed by atoms with Crippen LogP contribution in [0, 0.1) is 28.1 Å². The van der Waals surface area contributed by atoms with Crippen molar-refractivity contribution in [2.75, 3.05) is 31.1 Å². The molecule has 0 radical (unpaired) electrons. The molecule has 3 aliphatic rings. The van der Waals surface area contributed by atoms with E-state index in [1.54, 1.807) is 12.1 Å². The van der Waals surface area contributed by atoms with Gasteiger partial charge >= 0.3 is 0 Å². The smallest absolute Gasteiger partial charge is 0.225 e. The van der Waals surface area contributed by atoms with Gasteiger partial charge in [0.2, 0.25) is 5.91 Å². The van der Waals surface area contributed by atoms with Crippen molar-refractivity contribution in [3.05, 3.63) is 47.2 Å². The van der Waals surface area contributed by atoms with Crippen molar-refractivity contribution in [3.63, 3.8) is 0 Å². The normalized spacial score (nSPS) is 20.8. The number of nitrogens with one attached hydrogen (secondary N) is 2. The van der Waals surface area contributed by atoms with Crippen molar-refractivity contribution in [1.29, 1.82) is 16.1 Å². The number of pyridine rings is 1. The monoisotopic (exact) mass is 446 g/mol. The van der Waals surface area contributed by atoms with Crippen LogP contribution < -0.4 is 4.90 Å². The Kier molecular flexibility index (Phi) is 6.70. The lowest BCUT2D eigenvalue weighted by Gasteiger charge is -2.42. The molecule has 3 N–H and O–H groups in total. The number of piperazine rings is 1. The predicted octanol–water partition coefficient (Wildman–Crippen LogP) is 2.77. The molecule has 1 saturated heterocycles. The second-order valence-electron chi connectivity index (χ2n) is 9.00. The van der Waals surface area contributed by atoms with Gasteiger partial charge in [0.25, 0.3) is 0 Å². The van der Waals surface area contributed by atoms with Gasteiger partial charge in [0.05, 0.1) is 29.6 Å². The minimum absolute atomic E-state index is 0.0130. The Bertz CT molecular complexity index is 1040. The minimum Gasteiger partial charge on any atom is -0.396 e. The average Bonchev–Trinajstić information content (AvgIpc) is 3.74. The lowest BCUT2D eigenvalue weighted by molar-refractivity contribution is -0.135. The summed E-state index contributed by atoms with van der Waals surface area (Å²) in [5.74, 6) is 1.36. The molecule has 172 valence electrons. The zero-order chi connectivity index (χ0) is 23.5. The Hall–Kier alpha value is -3.31. The molecule has 2 aliphatic carbocycles. The Labute approximate surface area is 194 Å². The van der Waals surface area contributed by atoms with E-state index in [9.17, 15) is 15.2 Å². The highest BCUT2D eigenvalue weighted by molar-refractivity contribution is 6.10. The van der Waals surface area contributed by atoms with Gasteiger partial charge in [-0.05, 0) is 49.3 Å². The summed E-state index contributed by atoms with van der Waals surface area (Å²) in [6.07, 6.45) is 8.61. The van der Waals surface area contributed by atoms with Gasteiger partial charge in [0, 0.05) is 43.8 Å². The second kappa shape index (κ2) is 9.67. The maximum atomic E-state index is 12.5. The van der Waals surface area contributed by atoms with Crippen LogP contribution in [0.4, 0.5) is 5.82 Å². The standard InChI is InChI=1S/C25H30N6O2/c1-2-16(13-26)11-21(28)20-12-19(14-27)25(29-24(20)18-5-6-18)30-8-9-31(23(33)7-10-32)22(15-30)17-3-4-17/h2,11-13,17-18,22,26,28,32H,1,3-10,15H2/b16-11-,26-13?,28-21?. The molecule has 8 heteroatoms. The van der Waals surface area contributed by atoms with E-state index in [-0.39, 0.29) is 36.6 Å². The third-order valence-electron chi connectivity index (χ3n) is 6.65. The molecule has 0 spiro atoms. The molecule has 1 aromatic heterocycles. The van der Waals surface area contributed by atoms with Crippen molar-refractivity contribution in [3.8, 4) is 6.07 Å². The van der Waals surface area contributed by atoms with Crippen molar-refractivity contribution >= 4 is 23.7 Å². The highest BCUT2D eigenvalue weighted by atomic mass is 16.3. The first-order chi connectivity index (χ1) is 16.0. The van der Waals surface area contributed by atoms with E-state index in [1.165, 1.54) is 6.08 Å². The molecule has 1 atom stereocenters. The van der Waals surface area contributed by atoms with E-state index in [0.717, 1.165) is 37.6 Å². The number of amides is 1. The number of carbonyl (C=O) groups excluding carboxylic acids is 1. The van der Waals surface area contributed by atoms with Crippen LogP contribution >= 0.6 is 0 Å². The van der Waals surface area contributed by atoms with E-state index in [2.05, 4.69) is 17.5 Å². The van der Waals surface area contributed by atoms with Crippen LogP contribution in [0.25, 0.3) is 0 Å². The highest BCUT2D eigenvalue weighted by Crippen LogP contribution is 2.43. The van der Waals surface area contributed by atoms with Crippen LogP contribution in [0.5, 0.6) is 0 Å². The molecular formula is C25H30N6O2. The number of nitrogens with zero attached hydrogens (tertiary/aromatic N) is 4. The number of allylic oxidation sites excluding steroid dienone is 3. The van der Waals surface area contributed by atoms with E-state index in [4.69, 9.17) is 15.8 Å². The maximum Gasteiger partial charge on any atom is 0.225 e. The van der Waals surface area contributed by atoms with Gasteiger partial charge in [-0.3, -0.25) is 4.79 Å². The van der Waals surface area contributed by atoms with Crippen LogP contribution in [0.2, 0.25) is 0 Å². The summed E-state index contributed by atoms with van der Waals surface area (Å²) in [5, 5.41) is 35.2. The fraction of sp³-hybridized carbons (Fsp3) is 0.480. The van der Waals surface area contributed by atoms with E-state index in [0.29, 0.717) is 48.1 Å². The molecule has 1 unspecified atom stereocenters. The lowest BCUT2D eigenvalue weighted by Crippen LogP contribution is -2.56. The summed E-state index contributed by atoms with van der Waals surface area (Å²) in [4.78, 5) is 21.5. The lowest BCUT2D eigenvalue weighted by atomic mass is 9.99. The first-order valence-electron chi connectivity index (χ1n) is 11.5. The van der Waals surface area contributed by atoms with Crippen molar-refractivity contribution in [2.45, 2.75) is 44.1 Å². The van der Waals surface area contributed by atoms with Crippen molar-refractivity contribution < 1.29 is 9.90 Å². The van der Waals surface area contributed by atoms with Crippen molar-refractivity contribution in [2.24, 2.45) is 5.92 Å². The van der Waals surface area contributed by atoms with Gasteiger partial charge in [-0.15, -0.1) is 0 Å². The molecular weight excluding hydrogens is 416 g/mol. The van der Waals surface area contributed by atoms with Gasteiger partial charge in [-0.2, -0.15) is 5.26 Å². The number of anilines is 1. The third-order valence-corrected chi connectivity index (χ3v) is 6.65. The van der Waals surface area contributed by atoms with Gasteiger partial charge in [-0.25, -0.2) is 4.98 Å². The number of aliphatic hydroxyl groups is 1. The Morgan fingerprint density at radius 1 is 1.33 bits per heavy atom. The van der Waals surface area contributed by atoms with Crippen LogP contribution in [0.15, 0.2) is 30.4 Å². The fourth-order valence-corrected chi connectivity index (χ4v) is 4.56. The number of aromatic nitrogens is 1. The summed E-state index contributed by atoms with van der Waals surface area (Å²) in [5.41, 5.74) is 2.64. The highest BCUT2D eigenvalue weighted by Gasteiger charge is 2.41. The molecule has 3 fully saturated rings. The second-order valence-corrected chi connectivity index (χ2v) is 9.00. The third kappa shape index (κ3) is 4.88. The topological polar surface area (TPSA) is 128 Å². The number of aliphatic hydroxyl groups excluding tert-OH is 1. The first-order valence-corrected chi connectivity index (χ1v) is 11.5. The Balaban J connectivity index is 1.66. The molecule has 2 saturated carbocycles. The number of hydrogen-bond acceptors (Lipinski definition) is 7. The SMILES string of the molecule is C=C/C(C=N)=C/C(=N)c1cc(C#N)c(N2CCN(C(=O)CCO)C(C3CC3)C2)nc1C1CC1. The summed E-state index contributed by atoms with van der Waals surface area (Å²) in [6.45, 7) is 5.29. The Morgan fingerprint density at radius 2 is 2.09 bits per heavy atom. The first kappa shape index (κ1) is 22.9. The minimum atomic E-state index is -0.144. The predicted molar refractivity (Wildman–Crippen MR) is 127 cm³/mol. The maximum absolute atomic E-state index is 12.5. The van der Waals surface area contributed by atoms with Crippen LogP contribution in [-0.4, -0.2) is 65.1 Å². The van der Waals surface area contributed by atoms with Crippen LogP contribution in [0.3, 0.4) is 0 Å². The average molecular weight is 447 g/mol. The molecule has 1 aromatic rings. The van der Waals surface area contributed by atoms with E-state index in [1.807, 2.05) is 4.90 Å². The summed E-state index contributed by atoms with van der Waals surface area (Å²) >= 11 is 0. The number of carbonyl (C=O) groups is 1. The molecule has 2 heterocycles. The van der Waals surface area contributed by atoms with Gasteiger partial charge < -0.3 is 25.7 Å². The van der Waals surface area contributed by atoms with Gasteiger partial charge in [0.15, 0.2) is 0 Å². The molecule has 4 rings (SSSR count). The van der Waals surface area contributed by atoms with Crippen LogP contribution in [-0.2, 0) is 4.79 Å².